The zero-order valence-corrected chi connectivity index (χ0v) is 11.3. The van der Waals surface area contributed by atoms with E-state index in [1.165, 1.54) is 56.3 Å². The first-order chi connectivity index (χ1) is 8.29. The van der Waals surface area contributed by atoms with Gasteiger partial charge in [0, 0.05) is 6.04 Å². The fourth-order valence-electron chi connectivity index (χ4n) is 2.21. The molecule has 5 heteroatoms. The van der Waals surface area contributed by atoms with Gasteiger partial charge in [0.05, 0.1) is 0 Å². The largest absolute Gasteiger partial charge is 0.359 e. The average Bonchev–Trinajstić information content (AvgIpc) is 2.62. The van der Waals surface area contributed by atoms with E-state index in [0.29, 0.717) is 16.1 Å². The summed E-state index contributed by atoms with van der Waals surface area (Å²) in [6.45, 7) is 0. The Morgan fingerprint density at radius 3 is 2.47 bits per heavy atom. The van der Waals surface area contributed by atoms with Gasteiger partial charge in [-0.2, -0.15) is 5.26 Å². The van der Waals surface area contributed by atoms with Crippen LogP contribution in [0.4, 0.5) is 5.13 Å². The maximum Gasteiger partial charge on any atom is 0.185 e. The molecule has 1 aromatic rings. The third-order valence-corrected chi connectivity index (χ3v) is 4.40. The minimum atomic E-state index is 0.325. The Kier molecular flexibility index (Phi) is 4.64. The number of hydrogen-bond donors (Lipinski definition) is 1. The lowest BCUT2D eigenvalue weighted by atomic mass is 9.97. The molecule has 1 aliphatic rings. The summed E-state index contributed by atoms with van der Waals surface area (Å²) in [6.07, 6.45) is 8.98. The Hall–Kier alpha value is -0.790. The van der Waals surface area contributed by atoms with Crippen LogP contribution in [0.2, 0.25) is 5.15 Å². The first-order valence-electron chi connectivity index (χ1n) is 6.12. The molecule has 0 spiro atoms. The molecule has 0 atom stereocenters. The number of halogens is 1. The summed E-state index contributed by atoms with van der Waals surface area (Å²) in [7, 11) is 0. The van der Waals surface area contributed by atoms with E-state index in [2.05, 4.69) is 16.4 Å². The highest BCUT2D eigenvalue weighted by molar-refractivity contribution is 7.16. The Morgan fingerprint density at radius 2 is 1.88 bits per heavy atom. The molecule has 0 aliphatic heterocycles. The van der Waals surface area contributed by atoms with Gasteiger partial charge < -0.3 is 5.32 Å². The highest BCUT2D eigenvalue weighted by Crippen LogP contribution is 2.28. The van der Waals surface area contributed by atoms with Crippen molar-refractivity contribution in [3.8, 4) is 6.07 Å². The van der Waals surface area contributed by atoms with Gasteiger partial charge in [-0.25, -0.2) is 4.98 Å². The van der Waals surface area contributed by atoms with Gasteiger partial charge in [0.1, 0.15) is 10.9 Å². The van der Waals surface area contributed by atoms with Gasteiger partial charge in [0.15, 0.2) is 10.3 Å². The molecule has 3 nitrogen and oxygen atoms in total. The van der Waals surface area contributed by atoms with Crippen LogP contribution < -0.4 is 5.32 Å². The van der Waals surface area contributed by atoms with Crippen LogP contribution in [0, 0.1) is 11.3 Å². The average molecular weight is 270 g/mol. The summed E-state index contributed by atoms with van der Waals surface area (Å²) >= 11 is 7.21. The number of nitrogens with zero attached hydrogens (tertiary/aromatic N) is 2. The third kappa shape index (κ3) is 3.58. The molecule has 1 aromatic heterocycles. The van der Waals surface area contributed by atoms with E-state index in [1.54, 1.807) is 0 Å². The molecule has 0 saturated heterocycles. The quantitative estimate of drug-likeness (QED) is 0.876. The number of aromatic nitrogens is 1. The number of nitrogens with one attached hydrogen (secondary N) is 1. The van der Waals surface area contributed by atoms with Crippen molar-refractivity contribution in [3.05, 3.63) is 10.0 Å². The van der Waals surface area contributed by atoms with Gasteiger partial charge in [-0.3, -0.25) is 0 Å². The second kappa shape index (κ2) is 6.23. The number of anilines is 1. The molecule has 0 amide bonds. The molecule has 1 aliphatic carbocycles. The van der Waals surface area contributed by atoms with E-state index >= 15 is 0 Å². The normalized spacial score (nSPS) is 18.1. The summed E-state index contributed by atoms with van der Waals surface area (Å²) in [4.78, 5) is 4.68. The second-order valence-electron chi connectivity index (χ2n) is 4.44. The second-order valence-corrected chi connectivity index (χ2v) is 5.79. The molecule has 0 radical (unpaired) electrons. The predicted molar refractivity (Wildman–Crippen MR) is 71.6 cm³/mol. The van der Waals surface area contributed by atoms with E-state index in [-0.39, 0.29) is 0 Å². The molecular weight excluding hydrogens is 254 g/mol. The van der Waals surface area contributed by atoms with Crippen LogP contribution in [0.15, 0.2) is 0 Å². The van der Waals surface area contributed by atoms with Gasteiger partial charge in [-0.05, 0) is 12.8 Å². The summed E-state index contributed by atoms with van der Waals surface area (Å²) in [5.41, 5.74) is 0. The van der Waals surface area contributed by atoms with Crippen LogP contribution in [-0.4, -0.2) is 11.0 Å². The van der Waals surface area contributed by atoms with Gasteiger partial charge in [-0.1, -0.05) is 55.0 Å². The van der Waals surface area contributed by atoms with Crippen LogP contribution in [0.1, 0.15) is 49.8 Å². The predicted octanol–water partition coefficient (Wildman–Crippen LogP) is 4.19. The third-order valence-electron chi connectivity index (χ3n) is 3.12. The summed E-state index contributed by atoms with van der Waals surface area (Å²) in [5, 5.41) is 13.4. The van der Waals surface area contributed by atoms with Gasteiger partial charge in [-0.15, -0.1) is 0 Å². The van der Waals surface area contributed by atoms with Crippen molar-refractivity contribution in [1.82, 2.24) is 4.98 Å². The van der Waals surface area contributed by atoms with Gasteiger partial charge in [0.25, 0.3) is 0 Å². The maximum atomic E-state index is 8.83. The lowest BCUT2D eigenvalue weighted by Crippen LogP contribution is -2.20. The molecule has 0 aromatic carbocycles. The minimum absolute atomic E-state index is 0.325. The zero-order valence-electron chi connectivity index (χ0n) is 9.71. The van der Waals surface area contributed by atoms with Crippen LogP contribution in [0.25, 0.3) is 0 Å². The lowest BCUT2D eigenvalue weighted by molar-refractivity contribution is 0.471. The molecule has 0 unspecified atom stereocenters. The van der Waals surface area contributed by atoms with Crippen molar-refractivity contribution < 1.29 is 0 Å². The Bertz CT molecular complexity index is 402. The molecule has 0 bridgehead atoms. The van der Waals surface area contributed by atoms with E-state index in [0.717, 1.165) is 5.13 Å². The van der Waals surface area contributed by atoms with Crippen molar-refractivity contribution in [2.24, 2.45) is 0 Å². The van der Waals surface area contributed by atoms with Crippen molar-refractivity contribution in [3.63, 3.8) is 0 Å². The maximum absolute atomic E-state index is 8.83. The van der Waals surface area contributed by atoms with E-state index in [1.807, 2.05) is 0 Å². The molecule has 1 fully saturated rings. The minimum Gasteiger partial charge on any atom is -0.359 e. The zero-order chi connectivity index (χ0) is 12.1. The number of hydrogen-bond acceptors (Lipinski definition) is 4. The number of nitriles is 1. The highest BCUT2D eigenvalue weighted by atomic mass is 35.5. The summed E-state index contributed by atoms with van der Waals surface area (Å²) in [5.74, 6) is 0. The van der Waals surface area contributed by atoms with Crippen LogP contribution >= 0.6 is 22.9 Å². The fourth-order valence-corrected chi connectivity index (χ4v) is 3.23. The van der Waals surface area contributed by atoms with Crippen molar-refractivity contribution in [1.29, 1.82) is 5.26 Å². The van der Waals surface area contributed by atoms with Crippen molar-refractivity contribution in [2.75, 3.05) is 5.32 Å². The molecular formula is C12H16ClN3S. The van der Waals surface area contributed by atoms with Crippen LogP contribution in [0.5, 0.6) is 0 Å². The molecule has 1 heterocycles. The van der Waals surface area contributed by atoms with Gasteiger partial charge in [0.2, 0.25) is 0 Å². The lowest BCUT2D eigenvalue weighted by Gasteiger charge is -2.20. The standard InChI is InChI=1S/C12H16ClN3S/c13-11-10(8-14)17-12(16-11)15-9-6-4-2-1-3-5-7-9/h9H,1-7H2,(H,15,16). The monoisotopic (exact) mass is 269 g/mol. The van der Waals surface area contributed by atoms with Crippen molar-refractivity contribution >= 4 is 28.1 Å². The molecule has 1 saturated carbocycles. The van der Waals surface area contributed by atoms with Crippen molar-refractivity contribution in [2.45, 2.75) is 51.0 Å². The smallest absolute Gasteiger partial charge is 0.185 e. The number of thiazole rings is 1. The topological polar surface area (TPSA) is 48.7 Å². The summed E-state index contributed by atoms with van der Waals surface area (Å²) < 4.78 is 0. The Morgan fingerprint density at radius 1 is 1.24 bits per heavy atom. The highest BCUT2D eigenvalue weighted by Gasteiger charge is 2.14. The van der Waals surface area contributed by atoms with Crippen LogP contribution in [-0.2, 0) is 0 Å². The van der Waals surface area contributed by atoms with E-state index in [4.69, 9.17) is 16.9 Å². The van der Waals surface area contributed by atoms with Gasteiger partial charge >= 0.3 is 0 Å². The Balaban J connectivity index is 1.96. The number of rotatable bonds is 2. The van der Waals surface area contributed by atoms with E-state index < -0.39 is 0 Å². The molecule has 17 heavy (non-hydrogen) atoms. The molecule has 2 rings (SSSR count). The molecule has 1 N–H and O–H groups in total. The Labute approximate surface area is 111 Å². The first kappa shape index (κ1) is 12.7. The first-order valence-corrected chi connectivity index (χ1v) is 7.32. The SMILES string of the molecule is N#Cc1sc(NC2CCCCCCC2)nc1Cl. The molecule has 92 valence electrons. The summed E-state index contributed by atoms with van der Waals surface area (Å²) in [6, 6.07) is 2.55. The fraction of sp³-hybridized carbons (Fsp3) is 0.667. The van der Waals surface area contributed by atoms with E-state index in [9.17, 15) is 0 Å². The van der Waals surface area contributed by atoms with Crippen LogP contribution in [0.3, 0.4) is 0 Å².